The summed E-state index contributed by atoms with van der Waals surface area (Å²) < 4.78 is 1.20. The Morgan fingerprint density at radius 3 is 2.68 bits per heavy atom. The predicted octanol–water partition coefficient (Wildman–Crippen LogP) is 4.55. The number of nitrogens with zero attached hydrogens (tertiary/aromatic N) is 2. The fraction of sp³-hybridized carbons (Fsp3) is 0.0667. The number of aromatic hydroxyl groups is 1. The van der Waals surface area contributed by atoms with Gasteiger partial charge in [0.15, 0.2) is 0 Å². The van der Waals surface area contributed by atoms with E-state index in [1.54, 1.807) is 18.3 Å². The van der Waals surface area contributed by atoms with E-state index in [0.29, 0.717) is 14.9 Å². The molecule has 112 valence electrons. The van der Waals surface area contributed by atoms with Crippen molar-refractivity contribution < 1.29 is 5.11 Å². The normalized spacial score (nSPS) is 11.4. The van der Waals surface area contributed by atoms with Gasteiger partial charge in [-0.3, -0.25) is 0 Å². The number of rotatable bonds is 3. The third-order valence-corrected chi connectivity index (χ3v) is 4.27. The highest BCUT2D eigenvalue weighted by Crippen LogP contribution is 2.32. The lowest BCUT2D eigenvalue weighted by Gasteiger charge is -2.01. The number of aromatic amines is 1. The van der Waals surface area contributed by atoms with E-state index in [1.807, 2.05) is 25.1 Å². The van der Waals surface area contributed by atoms with Crippen LogP contribution in [0.4, 0.5) is 5.95 Å². The zero-order chi connectivity index (χ0) is 15.7. The van der Waals surface area contributed by atoms with E-state index in [4.69, 9.17) is 0 Å². The number of phenolic OH excluding ortho intramolecular Hbond substituents is 1. The molecular formula is C15H12Br2N4O. The standard InChI is InChI=1S/C15H12Br2N4O/c1-8-2-3-12-13(4-8)20-15(19-12)21-18-7-9-5-10(16)14(22)11(17)6-9/h2-7,22H,1H3,(H2,19,20,21)/b18-7-. The van der Waals surface area contributed by atoms with Crippen LogP contribution in [-0.4, -0.2) is 21.3 Å². The van der Waals surface area contributed by atoms with E-state index in [1.165, 1.54) is 5.56 Å². The predicted molar refractivity (Wildman–Crippen MR) is 95.6 cm³/mol. The second-order valence-corrected chi connectivity index (χ2v) is 6.52. The molecule has 0 saturated heterocycles. The summed E-state index contributed by atoms with van der Waals surface area (Å²) >= 11 is 6.57. The summed E-state index contributed by atoms with van der Waals surface area (Å²) in [6, 6.07) is 9.55. The zero-order valence-electron chi connectivity index (χ0n) is 11.6. The van der Waals surface area contributed by atoms with Crippen LogP contribution in [0.5, 0.6) is 5.75 Å². The molecular weight excluding hydrogens is 412 g/mol. The first-order chi connectivity index (χ1) is 10.5. The van der Waals surface area contributed by atoms with Crippen molar-refractivity contribution in [1.82, 2.24) is 9.97 Å². The molecule has 7 heteroatoms. The molecule has 0 aliphatic rings. The minimum Gasteiger partial charge on any atom is -0.506 e. The van der Waals surface area contributed by atoms with Gasteiger partial charge in [-0.1, -0.05) is 6.07 Å². The molecule has 0 aliphatic carbocycles. The SMILES string of the molecule is Cc1ccc2nc(N/N=C\c3cc(Br)c(O)c(Br)c3)[nH]c2c1. The summed E-state index contributed by atoms with van der Waals surface area (Å²) in [6.45, 7) is 2.03. The second-order valence-electron chi connectivity index (χ2n) is 4.81. The lowest BCUT2D eigenvalue weighted by molar-refractivity contribution is 0.468. The Morgan fingerprint density at radius 2 is 1.95 bits per heavy atom. The fourth-order valence-corrected chi connectivity index (χ4v) is 3.23. The van der Waals surface area contributed by atoms with Crippen LogP contribution < -0.4 is 5.43 Å². The molecule has 0 aliphatic heterocycles. The number of benzene rings is 2. The van der Waals surface area contributed by atoms with Crippen LogP contribution in [0.3, 0.4) is 0 Å². The number of fused-ring (bicyclic) bond motifs is 1. The molecule has 0 radical (unpaired) electrons. The molecule has 0 bridgehead atoms. The Kier molecular flexibility index (Phi) is 4.17. The van der Waals surface area contributed by atoms with E-state index < -0.39 is 0 Å². The molecule has 3 N–H and O–H groups in total. The quantitative estimate of drug-likeness (QED) is 0.427. The van der Waals surface area contributed by atoms with Crippen molar-refractivity contribution in [3.63, 3.8) is 0 Å². The van der Waals surface area contributed by atoms with E-state index in [0.717, 1.165) is 16.6 Å². The number of hydrogen-bond donors (Lipinski definition) is 3. The molecule has 0 fully saturated rings. The van der Waals surface area contributed by atoms with Crippen molar-refractivity contribution in [2.75, 3.05) is 5.43 Å². The van der Waals surface area contributed by atoms with Crippen LogP contribution in [0.15, 0.2) is 44.4 Å². The number of hydrazone groups is 1. The van der Waals surface area contributed by atoms with Crippen LogP contribution in [0.2, 0.25) is 0 Å². The first kappa shape index (κ1) is 15.1. The number of halogens is 2. The Labute approximate surface area is 143 Å². The number of imidazole rings is 1. The molecule has 0 atom stereocenters. The number of hydrogen-bond acceptors (Lipinski definition) is 4. The smallest absolute Gasteiger partial charge is 0.222 e. The largest absolute Gasteiger partial charge is 0.506 e. The Balaban J connectivity index is 1.78. The fourth-order valence-electron chi connectivity index (χ4n) is 2.00. The highest BCUT2D eigenvalue weighted by atomic mass is 79.9. The highest BCUT2D eigenvalue weighted by Gasteiger charge is 2.05. The summed E-state index contributed by atoms with van der Waals surface area (Å²) in [5.74, 6) is 0.742. The highest BCUT2D eigenvalue weighted by molar-refractivity contribution is 9.11. The molecule has 5 nitrogen and oxygen atoms in total. The average Bonchev–Trinajstić information content (AvgIpc) is 2.86. The third-order valence-electron chi connectivity index (χ3n) is 3.06. The number of aromatic nitrogens is 2. The van der Waals surface area contributed by atoms with Crippen molar-refractivity contribution in [3.05, 3.63) is 50.4 Å². The van der Waals surface area contributed by atoms with Crippen molar-refractivity contribution in [2.24, 2.45) is 5.10 Å². The summed E-state index contributed by atoms with van der Waals surface area (Å²) in [4.78, 5) is 7.56. The van der Waals surface area contributed by atoms with Gasteiger partial charge in [0.2, 0.25) is 5.95 Å². The molecule has 22 heavy (non-hydrogen) atoms. The number of phenols is 1. The van der Waals surface area contributed by atoms with Gasteiger partial charge >= 0.3 is 0 Å². The number of H-pyrrole nitrogens is 1. The van der Waals surface area contributed by atoms with Crippen molar-refractivity contribution in [1.29, 1.82) is 0 Å². The third kappa shape index (κ3) is 3.15. The molecule has 0 saturated carbocycles. The first-order valence-electron chi connectivity index (χ1n) is 6.46. The minimum absolute atomic E-state index is 0.165. The summed E-state index contributed by atoms with van der Waals surface area (Å²) in [5, 5.41) is 13.8. The lowest BCUT2D eigenvalue weighted by atomic mass is 10.2. The second kappa shape index (κ2) is 6.10. The van der Waals surface area contributed by atoms with Crippen LogP contribution in [0, 0.1) is 6.92 Å². The van der Waals surface area contributed by atoms with Crippen molar-refractivity contribution >= 4 is 55.1 Å². The number of aryl methyl sites for hydroxylation is 1. The first-order valence-corrected chi connectivity index (χ1v) is 8.05. The van der Waals surface area contributed by atoms with Crippen molar-refractivity contribution in [2.45, 2.75) is 6.92 Å². The monoisotopic (exact) mass is 422 g/mol. The molecule has 1 aromatic heterocycles. The summed E-state index contributed by atoms with van der Waals surface area (Å²) in [7, 11) is 0. The van der Waals surface area contributed by atoms with Gasteiger partial charge in [0, 0.05) is 0 Å². The van der Waals surface area contributed by atoms with Crippen LogP contribution >= 0.6 is 31.9 Å². The minimum atomic E-state index is 0.165. The molecule has 1 heterocycles. The lowest BCUT2D eigenvalue weighted by Crippen LogP contribution is -1.92. The van der Waals surface area contributed by atoms with Gasteiger partial charge in [0.1, 0.15) is 5.75 Å². The molecule has 3 aromatic rings. The van der Waals surface area contributed by atoms with Gasteiger partial charge in [0.05, 0.1) is 26.2 Å². The molecule has 2 aromatic carbocycles. The van der Waals surface area contributed by atoms with E-state index in [-0.39, 0.29) is 5.75 Å². The van der Waals surface area contributed by atoms with Gasteiger partial charge in [-0.15, -0.1) is 0 Å². The summed E-state index contributed by atoms with van der Waals surface area (Å²) in [5.41, 5.74) is 6.72. The van der Waals surface area contributed by atoms with Gasteiger partial charge in [0.25, 0.3) is 0 Å². The van der Waals surface area contributed by atoms with Gasteiger partial charge in [-0.25, -0.2) is 10.4 Å². The maximum Gasteiger partial charge on any atom is 0.222 e. The molecule has 0 amide bonds. The Bertz CT molecular complexity index is 850. The average molecular weight is 424 g/mol. The number of nitrogens with one attached hydrogen (secondary N) is 2. The van der Waals surface area contributed by atoms with E-state index in [9.17, 15) is 5.11 Å². The maximum atomic E-state index is 9.67. The van der Waals surface area contributed by atoms with Crippen molar-refractivity contribution in [3.8, 4) is 5.75 Å². The van der Waals surface area contributed by atoms with Gasteiger partial charge in [-0.05, 0) is 74.2 Å². The van der Waals surface area contributed by atoms with Gasteiger partial charge in [-0.2, -0.15) is 5.10 Å². The van der Waals surface area contributed by atoms with Crippen LogP contribution in [-0.2, 0) is 0 Å². The summed E-state index contributed by atoms with van der Waals surface area (Å²) in [6.07, 6.45) is 1.65. The Hall–Kier alpha value is -1.86. The number of anilines is 1. The maximum absolute atomic E-state index is 9.67. The van der Waals surface area contributed by atoms with E-state index in [2.05, 4.69) is 52.4 Å². The van der Waals surface area contributed by atoms with Crippen LogP contribution in [0.25, 0.3) is 11.0 Å². The van der Waals surface area contributed by atoms with Crippen LogP contribution in [0.1, 0.15) is 11.1 Å². The van der Waals surface area contributed by atoms with Gasteiger partial charge < -0.3 is 10.1 Å². The molecule has 3 rings (SSSR count). The van der Waals surface area contributed by atoms with E-state index >= 15 is 0 Å². The molecule has 0 unspecified atom stereocenters. The topological polar surface area (TPSA) is 73.3 Å². The zero-order valence-corrected chi connectivity index (χ0v) is 14.7. The Morgan fingerprint density at radius 1 is 1.23 bits per heavy atom. The molecule has 0 spiro atoms.